The maximum atomic E-state index is 11.6. The molecule has 0 aliphatic rings. The summed E-state index contributed by atoms with van der Waals surface area (Å²) in [4.78, 5) is 11.6. The number of hydrogen-bond acceptors (Lipinski definition) is 2. The Kier molecular flexibility index (Phi) is 7.75. The van der Waals surface area contributed by atoms with Crippen LogP contribution in [0, 0.1) is 18.3 Å². The quantitative estimate of drug-likeness (QED) is 0.622. The molecule has 2 unspecified atom stereocenters. The number of nitrogens with two attached hydrogens (primary N) is 1. The molecule has 0 aromatic heterocycles. The van der Waals surface area contributed by atoms with Crippen LogP contribution in [0.25, 0.3) is 0 Å². The van der Waals surface area contributed by atoms with Crippen LogP contribution < -0.4 is 11.1 Å². The van der Waals surface area contributed by atoms with Gasteiger partial charge in [0.1, 0.15) is 0 Å². The first kappa shape index (κ1) is 14.0. The Morgan fingerprint density at radius 2 is 2.20 bits per heavy atom. The molecule has 86 valence electrons. The summed E-state index contributed by atoms with van der Waals surface area (Å²) in [6.45, 7) is 4.59. The molecule has 0 fully saturated rings. The van der Waals surface area contributed by atoms with Crippen LogP contribution >= 0.6 is 0 Å². The third kappa shape index (κ3) is 6.14. The van der Waals surface area contributed by atoms with Crippen LogP contribution in [-0.2, 0) is 4.79 Å². The minimum atomic E-state index is -0.122. The SMILES string of the molecule is C#CC(CCC)NC(=O)C(C)CCCN. The minimum absolute atomic E-state index is 0.00116. The highest BCUT2D eigenvalue weighted by molar-refractivity contribution is 5.78. The van der Waals surface area contributed by atoms with Crippen molar-refractivity contribution in [2.45, 2.75) is 45.6 Å². The fraction of sp³-hybridized carbons (Fsp3) is 0.750. The van der Waals surface area contributed by atoms with Gasteiger partial charge in [0.25, 0.3) is 0 Å². The first-order chi connectivity index (χ1) is 7.15. The van der Waals surface area contributed by atoms with Gasteiger partial charge < -0.3 is 11.1 Å². The number of carbonyl (C=O) groups is 1. The molecule has 0 rings (SSSR count). The van der Waals surface area contributed by atoms with Gasteiger partial charge in [-0.15, -0.1) is 6.42 Å². The van der Waals surface area contributed by atoms with Crippen LogP contribution in [0.15, 0.2) is 0 Å². The van der Waals surface area contributed by atoms with Gasteiger partial charge >= 0.3 is 0 Å². The maximum absolute atomic E-state index is 11.6. The molecule has 0 aliphatic carbocycles. The monoisotopic (exact) mass is 210 g/mol. The van der Waals surface area contributed by atoms with Crippen molar-refractivity contribution in [3.8, 4) is 12.3 Å². The normalized spacial score (nSPS) is 14.0. The van der Waals surface area contributed by atoms with E-state index in [-0.39, 0.29) is 17.9 Å². The van der Waals surface area contributed by atoms with Gasteiger partial charge in [0.15, 0.2) is 0 Å². The molecular formula is C12H22N2O. The van der Waals surface area contributed by atoms with Crippen LogP contribution in [-0.4, -0.2) is 18.5 Å². The average Bonchev–Trinajstić information content (AvgIpc) is 2.24. The molecule has 3 nitrogen and oxygen atoms in total. The Morgan fingerprint density at radius 1 is 1.53 bits per heavy atom. The maximum Gasteiger partial charge on any atom is 0.223 e. The number of terminal acetylenes is 1. The van der Waals surface area contributed by atoms with E-state index >= 15 is 0 Å². The Balaban J connectivity index is 3.94. The van der Waals surface area contributed by atoms with E-state index < -0.39 is 0 Å². The predicted molar refractivity (Wildman–Crippen MR) is 63.1 cm³/mol. The fourth-order valence-electron chi connectivity index (χ4n) is 1.35. The molecule has 15 heavy (non-hydrogen) atoms. The Hall–Kier alpha value is -1.01. The van der Waals surface area contributed by atoms with Gasteiger partial charge in [-0.3, -0.25) is 4.79 Å². The summed E-state index contributed by atoms with van der Waals surface area (Å²) in [5.41, 5.74) is 5.39. The van der Waals surface area contributed by atoms with Crippen molar-refractivity contribution >= 4 is 5.91 Å². The van der Waals surface area contributed by atoms with Gasteiger partial charge in [0.2, 0.25) is 5.91 Å². The van der Waals surface area contributed by atoms with Crippen molar-refractivity contribution in [2.75, 3.05) is 6.54 Å². The van der Waals surface area contributed by atoms with E-state index in [9.17, 15) is 4.79 Å². The number of carbonyl (C=O) groups excluding carboxylic acids is 1. The van der Waals surface area contributed by atoms with Gasteiger partial charge in [-0.2, -0.15) is 0 Å². The van der Waals surface area contributed by atoms with E-state index in [1.165, 1.54) is 0 Å². The molecule has 0 aliphatic heterocycles. The number of hydrogen-bond donors (Lipinski definition) is 2. The van der Waals surface area contributed by atoms with Crippen molar-refractivity contribution < 1.29 is 4.79 Å². The molecule has 2 atom stereocenters. The molecule has 3 heteroatoms. The largest absolute Gasteiger partial charge is 0.342 e. The van der Waals surface area contributed by atoms with E-state index in [4.69, 9.17) is 12.2 Å². The molecule has 0 bridgehead atoms. The van der Waals surface area contributed by atoms with Crippen LogP contribution in [0.4, 0.5) is 0 Å². The Bertz CT molecular complexity index is 220. The highest BCUT2D eigenvalue weighted by atomic mass is 16.1. The lowest BCUT2D eigenvalue weighted by molar-refractivity contribution is -0.125. The van der Waals surface area contributed by atoms with Crippen LogP contribution in [0.1, 0.15) is 39.5 Å². The molecule has 1 amide bonds. The molecule has 0 saturated carbocycles. The first-order valence-electron chi connectivity index (χ1n) is 5.62. The summed E-state index contributed by atoms with van der Waals surface area (Å²) in [5, 5.41) is 2.86. The zero-order valence-electron chi connectivity index (χ0n) is 9.75. The van der Waals surface area contributed by atoms with E-state index in [0.717, 1.165) is 25.7 Å². The number of rotatable bonds is 7. The minimum Gasteiger partial charge on any atom is -0.342 e. The van der Waals surface area contributed by atoms with E-state index in [2.05, 4.69) is 11.2 Å². The molecule has 3 N–H and O–H groups in total. The van der Waals surface area contributed by atoms with Gasteiger partial charge in [-0.25, -0.2) is 0 Å². The van der Waals surface area contributed by atoms with Gasteiger partial charge in [0.05, 0.1) is 6.04 Å². The predicted octanol–water partition coefficient (Wildman–Crippen LogP) is 1.28. The summed E-state index contributed by atoms with van der Waals surface area (Å²) in [6.07, 6.45) is 8.84. The molecule has 0 saturated heterocycles. The summed E-state index contributed by atoms with van der Waals surface area (Å²) >= 11 is 0. The van der Waals surface area contributed by atoms with E-state index in [1.54, 1.807) is 0 Å². The number of amides is 1. The van der Waals surface area contributed by atoms with Crippen molar-refractivity contribution in [3.63, 3.8) is 0 Å². The second kappa shape index (κ2) is 8.31. The lowest BCUT2D eigenvalue weighted by Gasteiger charge is -2.16. The number of nitrogens with one attached hydrogen (secondary N) is 1. The highest BCUT2D eigenvalue weighted by Gasteiger charge is 2.15. The standard InChI is InChI=1S/C12H22N2O/c1-4-7-11(5-2)14-12(15)10(3)8-6-9-13/h2,10-11H,4,6-9,13H2,1,3H3,(H,14,15). The molecule has 0 heterocycles. The zero-order chi connectivity index (χ0) is 11.7. The van der Waals surface area contributed by atoms with Crippen LogP contribution in [0.3, 0.4) is 0 Å². The molecule has 0 aromatic rings. The second-order valence-electron chi connectivity index (χ2n) is 3.85. The Labute approximate surface area is 92.8 Å². The molecular weight excluding hydrogens is 188 g/mol. The third-order valence-corrected chi connectivity index (χ3v) is 2.38. The van der Waals surface area contributed by atoms with E-state index in [0.29, 0.717) is 6.54 Å². The molecule has 0 radical (unpaired) electrons. The van der Waals surface area contributed by atoms with Gasteiger partial charge in [-0.1, -0.05) is 26.2 Å². The average molecular weight is 210 g/mol. The highest BCUT2D eigenvalue weighted by Crippen LogP contribution is 2.06. The summed E-state index contributed by atoms with van der Waals surface area (Å²) < 4.78 is 0. The second-order valence-corrected chi connectivity index (χ2v) is 3.85. The third-order valence-electron chi connectivity index (χ3n) is 2.38. The smallest absolute Gasteiger partial charge is 0.223 e. The van der Waals surface area contributed by atoms with Crippen molar-refractivity contribution in [2.24, 2.45) is 11.7 Å². The van der Waals surface area contributed by atoms with Gasteiger partial charge in [0, 0.05) is 5.92 Å². The van der Waals surface area contributed by atoms with Crippen LogP contribution in [0.5, 0.6) is 0 Å². The lowest BCUT2D eigenvalue weighted by atomic mass is 10.0. The van der Waals surface area contributed by atoms with E-state index in [1.807, 2.05) is 13.8 Å². The first-order valence-corrected chi connectivity index (χ1v) is 5.62. The zero-order valence-corrected chi connectivity index (χ0v) is 9.75. The Morgan fingerprint density at radius 3 is 2.67 bits per heavy atom. The summed E-state index contributed by atoms with van der Waals surface area (Å²) in [5.74, 6) is 2.63. The van der Waals surface area contributed by atoms with Gasteiger partial charge in [-0.05, 0) is 25.8 Å². The van der Waals surface area contributed by atoms with Crippen LogP contribution in [0.2, 0.25) is 0 Å². The van der Waals surface area contributed by atoms with Crippen molar-refractivity contribution in [1.82, 2.24) is 5.32 Å². The summed E-state index contributed by atoms with van der Waals surface area (Å²) in [6, 6.07) is -0.122. The summed E-state index contributed by atoms with van der Waals surface area (Å²) in [7, 11) is 0. The lowest BCUT2D eigenvalue weighted by Crippen LogP contribution is -2.37. The van der Waals surface area contributed by atoms with Crippen molar-refractivity contribution in [3.05, 3.63) is 0 Å². The molecule has 0 aromatic carbocycles. The fourth-order valence-corrected chi connectivity index (χ4v) is 1.35. The molecule has 0 spiro atoms. The van der Waals surface area contributed by atoms with Crippen molar-refractivity contribution in [1.29, 1.82) is 0 Å². The topological polar surface area (TPSA) is 55.1 Å².